The number of hydrogen-bond donors (Lipinski definition) is 2. The molecule has 0 aliphatic carbocycles. The first-order valence-corrected chi connectivity index (χ1v) is 7.95. The summed E-state index contributed by atoms with van der Waals surface area (Å²) in [5.41, 5.74) is 0. The molecule has 1 aromatic heterocycles. The number of nitrogens with one attached hydrogen (secondary N) is 2. The highest BCUT2D eigenvalue weighted by Gasteiger charge is 2.29. The van der Waals surface area contributed by atoms with Crippen LogP contribution < -0.4 is 10.6 Å². The number of carbonyl (C=O) groups excluding carboxylic acids is 1. The second-order valence-electron chi connectivity index (χ2n) is 4.49. The largest absolute Gasteiger partial charge is 0.370 e. The molecule has 1 aliphatic heterocycles. The fourth-order valence-electron chi connectivity index (χ4n) is 1.86. The lowest BCUT2D eigenvalue weighted by Gasteiger charge is -2.25. The Labute approximate surface area is 118 Å². The van der Waals surface area contributed by atoms with Gasteiger partial charge in [-0.3, -0.25) is 4.79 Å². The van der Waals surface area contributed by atoms with E-state index in [9.17, 15) is 13.2 Å². The van der Waals surface area contributed by atoms with Crippen LogP contribution in [0.4, 0.5) is 5.82 Å². The number of sulfonamides is 1. The van der Waals surface area contributed by atoms with Crippen LogP contribution in [0.2, 0.25) is 0 Å². The summed E-state index contributed by atoms with van der Waals surface area (Å²) in [7, 11) is -3.65. The molecule has 1 saturated heterocycles. The van der Waals surface area contributed by atoms with E-state index in [1.165, 1.54) is 16.6 Å². The van der Waals surface area contributed by atoms with E-state index >= 15 is 0 Å². The number of carbonyl (C=O) groups is 1. The van der Waals surface area contributed by atoms with Crippen molar-refractivity contribution < 1.29 is 13.2 Å². The predicted molar refractivity (Wildman–Crippen MR) is 74.8 cm³/mol. The monoisotopic (exact) mass is 298 g/mol. The van der Waals surface area contributed by atoms with Crippen LogP contribution in [0.15, 0.2) is 23.2 Å². The first kappa shape index (κ1) is 14.7. The topological polar surface area (TPSA) is 91.4 Å². The van der Waals surface area contributed by atoms with Gasteiger partial charge in [0.25, 0.3) is 0 Å². The van der Waals surface area contributed by atoms with Crippen LogP contribution in [-0.4, -0.2) is 49.8 Å². The first-order chi connectivity index (χ1) is 9.54. The standard InChI is InChI=1S/C12H18N4O3S/c1-2-5-13-11-4-3-10(8-15-11)20(18,19)16-7-6-14-12(17)9-16/h3-4,8H,2,5-7,9H2,1H3,(H,13,15)(H,14,17). The van der Waals surface area contributed by atoms with Gasteiger partial charge in [-0.1, -0.05) is 6.92 Å². The Morgan fingerprint density at radius 2 is 2.25 bits per heavy atom. The molecule has 0 saturated carbocycles. The van der Waals surface area contributed by atoms with Gasteiger partial charge >= 0.3 is 0 Å². The third-order valence-corrected chi connectivity index (χ3v) is 4.76. The highest BCUT2D eigenvalue weighted by atomic mass is 32.2. The van der Waals surface area contributed by atoms with E-state index in [1.807, 2.05) is 6.92 Å². The molecule has 110 valence electrons. The number of piperazine rings is 1. The number of amides is 1. The number of hydrogen-bond acceptors (Lipinski definition) is 5. The van der Waals surface area contributed by atoms with Crippen molar-refractivity contribution in [3.05, 3.63) is 18.3 Å². The second-order valence-corrected chi connectivity index (χ2v) is 6.43. The summed E-state index contributed by atoms with van der Waals surface area (Å²) in [6.07, 6.45) is 2.28. The van der Waals surface area contributed by atoms with Gasteiger partial charge in [0.05, 0.1) is 6.54 Å². The molecule has 20 heavy (non-hydrogen) atoms. The maximum absolute atomic E-state index is 12.3. The molecule has 1 aromatic rings. The quantitative estimate of drug-likeness (QED) is 0.800. The summed E-state index contributed by atoms with van der Waals surface area (Å²) >= 11 is 0. The molecule has 2 N–H and O–H groups in total. The average molecular weight is 298 g/mol. The molecule has 1 amide bonds. The molecule has 0 unspecified atom stereocenters. The van der Waals surface area contributed by atoms with Crippen LogP contribution in [0, 0.1) is 0 Å². The Balaban J connectivity index is 2.14. The number of anilines is 1. The van der Waals surface area contributed by atoms with Gasteiger partial charge in [-0.05, 0) is 18.6 Å². The molecular formula is C12H18N4O3S. The van der Waals surface area contributed by atoms with Gasteiger partial charge in [0.15, 0.2) is 0 Å². The minimum Gasteiger partial charge on any atom is -0.370 e. The molecule has 0 bridgehead atoms. The van der Waals surface area contributed by atoms with Crippen molar-refractivity contribution >= 4 is 21.7 Å². The average Bonchev–Trinajstić information content (AvgIpc) is 2.45. The summed E-state index contributed by atoms with van der Waals surface area (Å²) < 4.78 is 25.9. The lowest BCUT2D eigenvalue weighted by Crippen LogP contribution is -2.49. The van der Waals surface area contributed by atoms with Gasteiger partial charge in [-0.15, -0.1) is 0 Å². The summed E-state index contributed by atoms with van der Waals surface area (Å²) in [5, 5.41) is 5.67. The molecule has 7 nitrogen and oxygen atoms in total. The zero-order chi connectivity index (χ0) is 14.6. The molecule has 0 atom stereocenters. The van der Waals surface area contributed by atoms with Crippen molar-refractivity contribution in [2.45, 2.75) is 18.2 Å². The zero-order valence-electron chi connectivity index (χ0n) is 11.3. The summed E-state index contributed by atoms with van der Waals surface area (Å²) in [5.74, 6) is 0.358. The van der Waals surface area contributed by atoms with Crippen LogP contribution in [0.25, 0.3) is 0 Å². The van der Waals surface area contributed by atoms with Crippen molar-refractivity contribution in [1.82, 2.24) is 14.6 Å². The third kappa shape index (κ3) is 3.26. The fraction of sp³-hybridized carbons (Fsp3) is 0.500. The van der Waals surface area contributed by atoms with E-state index in [4.69, 9.17) is 0 Å². The first-order valence-electron chi connectivity index (χ1n) is 6.51. The fourth-order valence-corrected chi connectivity index (χ4v) is 3.20. The van der Waals surface area contributed by atoms with E-state index in [1.54, 1.807) is 6.07 Å². The predicted octanol–water partition coefficient (Wildman–Crippen LogP) is 0.0240. The van der Waals surface area contributed by atoms with Crippen LogP contribution in [0.1, 0.15) is 13.3 Å². The lowest BCUT2D eigenvalue weighted by atomic mass is 10.4. The SMILES string of the molecule is CCCNc1ccc(S(=O)(=O)N2CCNC(=O)C2)cn1. The van der Waals surface area contributed by atoms with Crippen molar-refractivity contribution in [2.75, 3.05) is 31.5 Å². The lowest BCUT2D eigenvalue weighted by molar-refractivity contribution is -0.122. The Hall–Kier alpha value is -1.67. The van der Waals surface area contributed by atoms with Crippen LogP contribution >= 0.6 is 0 Å². The Kier molecular flexibility index (Phi) is 4.56. The molecule has 0 spiro atoms. The second kappa shape index (κ2) is 6.19. The van der Waals surface area contributed by atoms with Gasteiger partial charge < -0.3 is 10.6 Å². The molecule has 2 heterocycles. The number of pyridine rings is 1. The van der Waals surface area contributed by atoms with Gasteiger partial charge in [0.2, 0.25) is 15.9 Å². The normalized spacial score (nSPS) is 16.8. The summed E-state index contributed by atoms with van der Waals surface area (Å²) in [4.78, 5) is 15.5. The van der Waals surface area contributed by atoms with E-state index in [-0.39, 0.29) is 23.9 Å². The molecule has 1 fully saturated rings. The van der Waals surface area contributed by atoms with E-state index < -0.39 is 10.0 Å². The van der Waals surface area contributed by atoms with Gasteiger partial charge in [-0.2, -0.15) is 4.31 Å². The number of nitrogens with zero attached hydrogens (tertiary/aromatic N) is 2. The smallest absolute Gasteiger partial charge is 0.245 e. The maximum Gasteiger partial charge on any atom is 0.245 e. The third-order valence-electron chi connectivity index (χ3n) is 2.93. The van der Waals surface area contributed by atoms with Crippen molar-refractivity contribution in [3.8, 4) is 0 Å². The highest BCUT2D eigenvalue weighted by molar-refractivity contribution is 7.89. The van der Waals surface area contributed by atoms with Crippen LogP contribution in [-0.2, 0) is 14.8 Å². The van der Waals surface area contributed by atoms with Gasteiger partial charge in [0, 0.05) is 25.8 Å². The highest BCUT2D eigenvalue weighted by Crippen LogP contribution is 2.16. The van der Waals surface area contributed by atoms with Gasteiger partial charge in [-0.25, -0.2) is 13.4 Å². The van der Waals surface area contributed by atoms with Crippen molar-refractivity contribution in [2.24, 2.45) is 0 Å². The van der Waals surface area contributed by atoms with E-state index in [2.05, 4.69) is 15.6 Å². The van der Waals surface area contributed by atoms with E-state index in [0.717, 1.165) is 13.0 Å². The maximum atomic E-state index is 12.3. The molecular weight excluding hydrogens is 280 g/mol. The van der Waals surface area contributed by atoms with Crippen LogP contribution in [0.5, 0.6) is 0 Å². The zero-order valence-corrected chi connectivity index (χ0v) is 12.1. The van der Waals surface area contributed by atoms with Crippen LogP contribution in [0.3, 0.4) is 0 Å². The number of rotatable bonds is 5. The Morgan fingerprint density at radius 3 is 2.85 bits per heavy atom. The summed E-state index contributed by atoms with van der Waals surface area (Å²) in [6, 6.07) is 3.14. The Morgan fingerprint density at radius 1 is 1.45 bits per heavy atom. The molecule has 2 rings (SSSR count). The van der Waals surface area contributed by atoms with E-state index in [0.29, 0.717) is 12.4 Å². The Bertz CT molecular complexity index is 571. The number of aromatic nitrogens is 1. The minimum absolute atomic E-state index is 0.106. The van der Waals surface area contributed by atoms with Crippen molar-refractivity contribution in [3.63, 3.8) is 0 Å². The minimum atomic E-state index is -3.65. The van der Waals surface area contributed by atoms with Crippen molar-refractivity contribution in [1.29, 1.82) is 0 Å². The molecule has 0 aromatic carbocycles. The molecule has 1 aliphatic rings. The van der Waals surface area contributed by atoms with Gasteiger partial charge in [0.1, 0.15) is 10.7 Å². The summed E-state index contributed by atoms with van der Waals surface area (Å²) in [6.45, 7) is 3.29. The molecule has 0 radical (unpaired) electrons. The molecule has 8 heteroatoms.